The molecule has 0 aromatic heterocycles. The lowest BCUT2D eigenvalue weighted by Crippen LogP contribution is -2.17. The van der Waals surface area contributed by atoms with Gasteiger partial charge in [-0.3, -0.25) is 0 Å². The van der Waals surface area contributed by atoms with Gasteiger partial charge in [-0.15, -0.1) is 13.2 Å². The maximum atomic E-state index is 11.9. The molecule has 0 bridgehead atoms. The summed E-state index contributed by atoms with van der Waals surface area (Å²) in [5.74, 6) is -0.219. The van der Waals surface area contributed by atoms with E-state index < -0.39 is 6.36 Å². The third-order valence-electron chi connectivity index (χ3n) is 1.93. The summed E-state index contributed by atoms with van der Waals surface area (Å²) in [5, 5.41) is 14.0. The van der Waals surface area contributed by atoms with Gasteiger partial charge in [0.1, 0.15) is 11.6 Å². The number of nitrogens with two attached hydrogens (primary N) is 1. The number of amidine groups is 1. The second kappa shape index (κ2) is 5.99. The second-order valence-corrected chi connectivity index (χ2v) is 3.34. The fraction of sp³-hybridized carbons (Fsp3) is 0.300. The van der Waals surface area contributed by atoms with Crippen LogP contribution in [0.15, 0.2) is 29.4 Å². The third-order valence-corrected chi connectivity index (χ3v) is 1.93. The van der Waals surface area contributed by atoms with Crippen LogP contribution in [0.5, 0.6) is 5.75 Å². The van der Waals surface area contributed by atoms with Crippen LogP contribution in [0.1, 0.15) is 6.42 Å². The lowest BCUT2D eigenvalue weighted by molar-refractivity contribution is -0.274. The number of alkyl halides is 3. The highest BCUT2D eigenvalue weighted by Gasteiger charge is 2.30. The number of hydrogen-bond donors (Lipinski definition) is 3. The van der Waals surface area contributed by atoms with Crippen LogP contribution in [-0.2, 0) is 0 Å². The molecule has 0 atom stereocenters. The van der Waals surface area contributed by atoms with Gasteiger partial charge in [0.15, 0.2) is 0 Å². The van der Waals surface area contributed by atoms with Crippen molar-refractivity contribution in [1.29, 1.82) is 0 Å². The molecule has 0 unspecified atom stereocenters. The van der Waals surface area contributed by atoms with Crippen LogP contribution in [0, 0.1) is 0 Å². The summed E-state index contributed by atoms with van der Waals surface area (Å²) in [4.78, 5) is 0. The molecule has 5 nitrogen and oxygen atoms in total. The first kappa shape index (κ1) is 13.9. The Morgan fingerprint density at radius 3 is 2.44 bits per heavy atom. The molecule has 0 radical (unpaired) electrons. The number of oxime groups is 1. The summed E-state index contributed by atoms with van der Waals surface area (Å²) in [6, 6.07) is 5.26. The predicted octanol–water partition coefficient (Wildman–Crippen LogP) is 2.13. The van der Waals surface area contributed by atoms with E-state index in [1.807, 2.05) is 0 Å². The number of rotatable bonds is 5. The van der Waals surface area contributed by atoms with Crippen LogP contribution in [0.2, 0.25) is 0 Å². The van der Waals surface area contributed by atoms with Gasteiger partial charge in [-0.1, -0.05) is 5.16 Å². The molecule has 0 saturated heterocycles. The van der Waals surface area contributed by atoms with Crippen molar-refractivity contribution in [2.24, 2.45) is 10.9 Å². The molecular formula is C10H12F3N3O2. The van der Waals surface area contributed by atoms with E-state index in [0.717, 1.165) is 0 Å². The quantitative estimate of drug-likeness (QED) is 0.329. The van der Waals surface area contributed by atoms with Crippen molar-refractivity contribution >= 4 is 11.5 Å². The average Bonchev–Trinajstić information content (AvgIpc) is 2.29. The number of ether oxygens (including phenoxy) is 1. The molecule has 0 heterocycles. The van der Waals surface area contributed by atoms with E-state index in [2.05, 4.69) is 15.2 Å². The molecule has 1 aromatic rings. The molecule has 0 aliphatic rings. The second-order valence-electron chi connectivity index (χ2n) is 3.34. The molecule has 0 aliphatic heterocycles. The molecular weight excluding hydrogens is 251 g/mol. The minimum Gasteiger partial charge on any atom is -0.409 e. The largest absolute Gasteiger partial charge is 0.573 e. The minimum atomic E-state index is -4.69. The van der Waals surface area contributed by atoms with E-state index in [1.54, 1.807) is 0 Å². The topological polar surface area (TPSA) is 79.9 Å². The van der Waals surface area contributed by atoms with Crippen LogP contribution in [-0.4, -0.2) is 23.9 Å². The van der Waals surface area contributed by atoms with E-state index in [-0.39, 0.29) is 11.6 Å². The van der Waals surface area contributed by atoms with Crippen LogP contribution in [0.25, 0.3) is 0 Å². The van der Waals surface area contributed by atoms with Crippen molar-refractivity contribution in [2.45, 2.75) is 12.8 Å². The lowest BCUT2D eigenvalue weighted by Gasteiger charge is -2.10. The third kappa shape index (κ3) is 5.28. The van der Waals surface area contributed by atoms with Crippen LogP contribution in [0.3, 0.4) is 0 Å². The highest BCUT2D eigenvalue weighted by Crippen LogP contribution is 2.23. The first-order valence-electron chi connectivity index (χ1n) is 4.97. The van der Waals surface area contributed by atoms with Crippen LogP contribution < -0.4 is 15.8 Å². The smallest absolute Gasteiger partial charge is 0.409 e. The van der Waals surface area contributed by atoms with Crippen molar-refractivity contribution in [3.8, 4) is 5.75 Å². The molecule has 100 valence electrons. The van der Waals surface area contributed by atoms with E-state index >= 15 is 0 Å². The fourth-order valence-corrected chi connectivity index (χ4v) is 1.16. The van der Waals surface area contributed by atoms with Gasteiger partial charge in [0, 0.05) is 18.7 Å². The van der Waals surface area contributed by atoms with Crippen LogP contribution in [0.4, 0.5) is 18.9 Å². The molecule has 0 spiro atoms. The highest BCUT2D eigenvalue weighted by molar-refractivity contribution is 5.80. The molecule has 8 heteroatoms. The average molecular weight is 263 g/mol. The predicted molar refractivity (Wildman–Crippen MR) is 59.6 cm³/mol. The minimum absolute atomic E-state index is 0.0690. The van der Waals surface area contributed by atoms with Gasteiger partial charge in [-0.2, -0.15) is 0 Å². The van der Waals surface area contributed by atoms with Gasteiger partial charge in [-0.25, -0.2) is 0 Å². The van der Waals surface area contributed by atoms with E-state index in [4.69, 9.17) is 10.9 Å². The normalized spacial score (nSPS) is 12.3. The SMILES string of the molecule is NC(CCNc1ccc(OC(F)(F)F)cc1)=NO. The van der Waals surface area contributed by atoms with Crippen molar-refractivity contribution in [3.05, 3.63) is 24.3 Å². The van der Waals surface area contributed by atoms with Gasteiger partial charge in [0.05, 0.1) is 0 Å². The number of benzene rings is 1. The van der Waals surface area contributed by atoms with Gasteiger partial charge in [0.25, 0.3) is 0 Å². The van der Waals surface area contributed by atoms with Crippen molar-refractivity contribution < 1.29 is 23.1 Å². The lowest BCUT2D eigenvalue weighted by atomic mass is 10.3. The van der Waals surface area contributed by atoms with E-state index in [1.165, 1.54) is 24.3 Å². The van der Waals surface area contributed by atoms with E-state index in [9.17, 15) is 13.2 Å². The van der Waals surface area contributed by atoms with E-state index in [0.29, 0.717) is 18.7 Å². The Hall–Kier alpha value is -2.12. The molecule has 1 aromatic carbocycles. The zero-order chi connectivity index (χ0) is 13.6. The molecule has 18 heavy (non-hydrogen) atoms. The Morgan fingerprint density at radius 2 is 1.94 bits per heavy atom. The molecule has 0 fully saturated rings. The Morgan fingerprint density at radius 1 is 1.33 bits per heavy atom. The first-order chi connectivity index (χ1) is 8.40. The maximum Gasteiger partial charge on any atom is 0.573 e. The Kier molecular flexibility index (Phi) is 4.64. The first-order valence-corrected chi connectivity index (χ1v) is 4.97. The standard InChI is InChI=1S/C10H12F3N3O2/c11-10(12,13)18-8-3-1-7(2-4-8)15-6-5-9(14)16-17/h1-4,15,17H,5-6H2,(H2,14,16). The molecule has 0 saturated carbocycles. The number of anilines is 1. The Labute approximate surface area is 101 Å². The Bertz CT molecular complexity index is 404. The summed E-state index contributed by atoms with van der Waals surface area (Å²) < 4.78 is 39.4. The maximum absolute atomic E-state index is 11.9. The summed E-state index contributed by atoms with van der Waals surface area (Å²) in [7, 11) is 0. The fourth-order valence-electron chi connectivity index (χ4n) is 1.16. The number of hydrogen-bond acceptors (Lipinski definition) is 4. The number of nitrogens with zero attached hydrogens (tertiary/aromatic N) is 1. The van der Waals surface area contributed by atoms with Gasteiger partial charge < -0.3 is 21.0 Å². The van der Waals surface area contributed by atoms with Crippen molar-refractivity contribution in [2.75, 3.05) is 11.9 Å². The number of nitrogens with one attached hydrogen (secondary N) is 1. The summed E-state index contributed by atoms with van der Waals surface area (Å²) >= 11 is 0. The van der Waals surface area contributed by atoms with Gasteiger partial charge in [0.2, 0.25) is 0 Å². The molecule has 1 rings (SSSR count). The zero-order valence-electron chi connectivity index (χ0n) is 9.24. The Balaban J connectivity index is 2.46. The summed E-state index contributed by atoms with van der Waals surface area (Å²) in [5.41, 5.74) is 5.85. The molecule has 0 aliphatic carbocycles. The van der Waals surface area contributed by atoms with Crippen molar-refractivity contribution in [3.63, 3.8) is 0 Å². The van der Waals surface area contributed by atoms with Crippen LogP contribution >= 0.6 is 0 Å². The molecule has 4 N–H and O–H groups in total. The van der Waals surface area contributed by atoms with Gasteiger partial charge in [-0.05, 0) is 24.3 Å². The summed E-state index contributed by atoms with van der Waals surface area (Å²) in [6.45, 7) is 0.398. The van der Waals surface area contributed by atoms with Gasteiger partial charge >= 0.3 is 6.36 Å². The highest BCUT2D eigenvalue weighted by atomic mass is 19.4. The summed E-state index contributed by atoms with van der Waals surface area (Å²) in [6.07, 6.45) is -4.38. The monoisotopic (exact) mass is 263 g/mol. The number of halogens is 3. The zero-order valence-corrected chi connectivity index (χ0v) is 9.24. The molecule has 0 amide bonds. The van der Waals surface area contributed by atoms with Crippen molar-refractivity contribution in [1.82, 2.24) is 0 Å².